The summed E-state index contributed by atoms with van der Waals surface area (Å²) < 4.78 is 11.2. The van der Waals surface area contributed by atoms with Crippen molar-refractivity contribution in [1.29, 1.82) is 0 Å². The number of hydrogen-bond donors (Lipinski definition) is 1. The third-order valence-electron chi connectivity index (χ3n) is 5.58. The molecule has 0 aliphatic carbocycles. The molecule has 1 amide bonds. The van der Waals surface area contributed by atoms with Crippen LogP contribution in [0.15, 0.2) is 35.1 Å². The van der Waals surface area contributed by atoms with Gasteiger partial charge in [0.05, 0.1) is 18.4 Å². The number of rotatable bonds is 5. The molecule has 2 fully saturated rings. The van der Waals surface area contributed by atoms with Crippen molar-refractivity contribution in [3.8, 4) is 0 Å². The van der Waals surface area contributed by atoms with Gasteiger partial charge < -0.3 is 24.3 Å². The predicted molar refractivity (Wildman–Crippen MR) is 110 cm³/mol. The van der Waals surface area contributed by atoms with E-state index < -0.39 is 0 Å². The number of anilines is 2. The molecule has 2 aromatic rings. The van der Waals surface area contributed by atoms with Crippen LogP contribution in [0.1, 0.15) is 37.2 Å². The molecule has 0 bridgehead atoms. The summed E-state index contributed by atoms with van der Waals surface area (Å²) in [7, 11) is 0. The van der Waals surface area contributed by atoms with Gasteiger partial charge in [-0.3, -0.25) is 4.79 Å². The molecule has 2 aliphatic rings. The Morgan fingerprint density at radius 1 is 1.24 bits per heavy atom. The molecule has 4 heterocycles. The summed E-state index contributed by atoms with van der Waals surface area (Å²) in [5, 5.41) is 3.56. The molecule has 0 radical (unpaired) electrons. The van der Waals surface area contributed by atoms with Crippen LogP contribution < -0.4 is 10.2 Å². The second-order valence-corrected chi connectivity index (χ2v) is 7.97. The number of carbonyl (C=O) groups is 1. The SMILES string of the molecule is CC(C)[C@H]1OCCC[C@@H]1Nc1ccnc(N2CCN(C(=O)c3ccco3)CC2)n1. The van der Waals surface area contributed by atoms with Gasteiger partial charge in [-0.15, -0.1) is 0 Å². The van der Waals surface area contributed by atoms with Crippen LogP contribution in [0.4, 0.5) is 11.8 Å². The summed E-state index contributed by atoms with van der Waals surface area (Å²) >= 11 is 0. The largest absolute Gasteiger partial charge is 0.459 e. The van der Waals surface area contributed by atoms with Crippen molar-refractivity contribution in [2.45, 2.75) is 38.8 Å². The highest BCUT2D eigenvalue weighted by atomic mass is 16.5. The van der Waals surface area contributed by atoms with E-state index in [-0.39, 0.29) is 18.1 Å². The minimum Gasteiger partial charge on any atom is -0.459 e. The summed E-state index contributed by atoms with van der Waals surface area (Å²) in [4.78, 5) is 25.5. The second-order valence-electron chi connectivity index (χ2n) is 7.97. The molecule has 29 heavy (non-hydrogen) atoms. The third kappa shape index (κ3) is 4.53. The van der Waals surface area contributed by atoms with E-state index in [2.05, 4.69) is 29.0 Å². The fourth-order valence-corrected chi connectivity index (χ4v) is 4.05. The molecule has 0 unspecified atom stereocenters. The number of piperazine rings is 1. The van der Waals surface area contributed by atoms with E-state index in [1.54, 1.807) is 18.3 Å². The van der Waals surface area contributed by atoms with E-state index in [1.807, 2.05) is 11.0 Å². The first-order chi connectivity index (χ1) is 14.1. The normalized spacial score (nSPS) is 22.7. The predicted octanol–water partition coefficient (Wildman–Crippen LogP) is 2.65. The Morgan fingerprint density at radius 2 is 2.07 bits per heavy atom. The van der Waals surface area contributed by atoms with E-state index in [9.17, 15) is 4.79 Å². The summed E-state index contributed by atoms with van der Waals surface area (Å²) in [5.74, 6) is 2.29. The van der Waals surface area contributed by atoms with E-state index in [0.29, 0.717) is 43.8 Å². The van der Waals surface area contributed by atoms with Gasteiger partial charge >= 0.3 is 0 Å². The van der Waals surface area contributed by atoms with Crippen molar-refractivity contribution >= 4 is 17.7 Å². The van der Waals surface area contributed by atoms with Crippen LogP contribution in [0.2, 0.25) is 0 Å². The van der Waals surface area contributed by atoms with Crippen LogP contribution in [0, 0.1) is 5.92 Å². The Bertz CT molecular complexity index is 802. The molecule has 1 N–H and O–H groups in total. The minimum atomic E-state index is -0.0667. The van der Waals surface area contributed by atoms with Gasteiger partial charge in [0.1, 0.15) is 5.82 Å². The molecular weight excluding hydrogens is 370 g/mol. The van der Waals surface area contributed by atoms with Gasteiger partial charge in [-0.25, -0.2) is 4.98 Å². The van der Waals surface area contributed by atoms with E-state index in [1.165, 1.54) is 6.26 Å². The molecule has 2 aliphatic heterocycles. The molecular formula is C21H29N5O3. The summed E-state index contributed by atoms with van der Waals surface area (Å²) in [6.07, 6.45) is 5.65. The fraction of sp³-hybridized carbons (Fsp3) is 0.571. The zero-order chi connectivity index (χ0) is 20.2. The zero-order valence-corrected chi connectivity index (χ0v) is 17.1. The van der Waals surface area contributed by atoms with Crippen LogP contribution in [0.3, 0.4) is 0 Å². The highest BCUT2D eigenvalue weighted by Crippen LogP contribution is 2.24. The van der Waals surface area contributed by atoms with Gasteiger partial charge in [0.25, 0.3) is 5.91 Å². The van der Waals surface area contributed by atoms with E-state index >= 15 is 0 Å². The van der Waals surface area contributed by atoms with Crippen molar-refractivity contribution in [3.05, 3.63) is 36.4 Å². The van der Waals surface area contributed by atoms with Crippen LogP contribution >= 0.6 is 0 Å². The quantitative estimate of drug-likeness (QED) is 0.827. The van der Waals surface area contributed by atoms with Crippen LogP contribution in [-0.4, -0.2) is 65.7 Å². The molecule has 2 aromatic heterocycles. The fourth-order valence-electron chi connectivity index (χ4n) is 4.05. The Morgan fingerprint density at radius 3 is 2.79 bits per heavy atom. The lowest BCUT2D eigenvalue weighted by atomic mass is 9.94. The number of hydrogen-bond acceptors (Lipinski definition) is 7. The first kappa shape index (κ1) is 19.7. The third-order valence-corrected chi connectivity index (χ3v) is 5.58. The molecule has 2 saturated heterocycles. The highest BCUT2D eigenvalue weighted by Gasteiger charge is 2.29. The molecule has 8 heteroatoms. The maximum Gasteiger partial charge on any atom is 0.289 e. The van der Waals surface area contributed by atoms with Gasteiger partial charge in [-0.1, -0.05) is 13.8 Å². The maximum atomic E-state index is 12.4. The lowest BCUT2D eigenvalue weighted by molar-refractivity contribution is -0.0203. The van der Waals surface area contributed by atoms with Crippen molar-refractivity contribution in [2.75, 3.05) is 43.0 Å². The highest BCUT2D eigenvalue weighted by molar-refractivity contribution is 5.91. The van der Waals surface area contributed by atoms with Crippen LogP contribution in [-0.2, 0) is 4.74 Å². The topological polar surface area (TPSA) is 83.7 Å². The van der Waals surface area contributed by atoms with Gasteiger partial charge in [0.2, 0.25) is 5.95 Å². The minimum absolute atomic E-state index is 0.0667. The number of amides is 1. The first-order valence-electron chi connectivity index (χ1n) is 10.4. The van der Waals surface area contributed by atoms with E-state index in [4.69, 9.17) is 14.1 Å². The summed E-state index contributed by atoms with van der Waals surface area (Å²) in [5.41, 5.74) is 0. The van der Waals surface area contributed by atoms with E-state index in [0.717, 1.165) is 25.3 Å². The Hall–Kier alpha value is -2.61. The molecule has 0 aromatic carbocycles. The smallest absolute Gasteiger partial charge is 0.289 e. The molecule has 8 nitrogen and oxygen atoms in total. The Kier molecular flexibility index (Phi) is 5.99. The molecule has 156 valence electrons. The lowest BCUT2D eigenvalue weighted by Crippen LogP contribution is -2.49. The Balaban J connectivity index is 1.37. The number of nitrogens with one attached hydrogen (secondary N) is 1. The standard InChI is InChI=1S/C21H29N5O3/c1-15(2)19-16(5-3-14-29-19)23-18-7-8-22-21(24-18)26-11-9-25(10-12-26)20(27)17-6-4-13-28-17/h4,6-8,13,15-16,19H,3,5,9-12,14H2,1-2H3,(H,22,23,24)/t16-,19+/m0/s1. The van der Waals surface area contributed by atoms with Gasteiger partial charge in [0, 0.05) is 39.0 Å². The first-order valence-corrected chi connectivity index (χ1v) is 10.4. The van der Waals surface area contributed by atoms with Crippen molar-refractivity contribution < 1.29 is 13.9 Å². The molecule has 0 saturated carbocycles. The average Bonchev–Trinajstić information content (AvgIpc) is 3.29. The molecule has 4 rings (SSSR count). The number of furan rings is 1. The lowest BCUT2D eigenvalue weighted by Gasteiger charge is -2.36. The monoisotopic (exact) mass is 399 g/mol. The average molecular weight is 399 g/mol. The van der Waals surface area contributed by atoms with Crippen molar-refractivity contribution in [1.82, 2.24) is 14.9 Å². The number of ether oxygens (including phenoxy) is 1. The van der Waals surface area contributed by atoms with Crippen LogP contribution in [0.25, 0.3) is 0 Å². The number of aromatic nitrogens is 2. The van der Waals surface area contributed by atoms with Crippen LogP contribution in [0.5, 0.6) is 0 Å². The summed E-state index contributed by atoms with van der Waals surface area (Å²) in [6, 6.07) is 5.60. The number of nitrogens with zero attached hydrogens (tertiary/aromatic N) is 4. The van der Waals surface area contributed by atoms with Gasteiger partial charge in [-0.05, 0) is 37.0 Å². The maximum absolute atomic E-state index is 12.4. The number of carbonyl (C=O) groups excluding carboxylic acids is 1. The van der Waals surface area contributed by atoms with Crippen molar-refractivity contribution in [2.24, 2.45) is 5.92 Å². The summed E-state index contributed by atoms with van der Waals surface area (Å²) in [6.45, 7) is 7.84. The Labute approximate surface area is 171 Å². The van der Waals surface area contributed by atoms with Crippen molar-refractivity contribution in [3.63, 3.8) is 0 Å². The van der Waals surface area contributed by atoms with Gasteiger partial charge in [-0.2, -0.15) is 4.98 Å². The van der Waals surface area contributed by atoms with Gasteiger partial charge in [0.15, 0.2) is 5.76 Å². The second kappa shape index (κ2) is 8.82. The molecule has 0 spiro atoms. The zero-order valence-electron chi connectivity index (χ0n) is 17.1. The molecule has 2 atom stereocenters.